The van der Waals surface area contributed by atoms with E-state index >= 15 is 0 Å². The maximum Gasteiger partial charge on any atom is 0.175 e. The summed E-state index contributed by atoms with van der Waals surface area (Å²) < 4.78 is 12.5. The van der Waals surface area contributed by atoms with Gasteiger partial charge in [-0.1, -0.05) is 30.7 Å². The highest BCUT2D eigenvalue weighted by Crippen LogP contribution is 2.37. The van der Waals surface area contributed by atoms with Crippen molar-refractivity contribution < 1.29 is 9.47 Å². The number of halogens is 4. The molecule has 1 heterocycles. The van der Waals surface area contributed by atoms with Gasteiger partial charge in [-0.2, -0.15) is 0 Å². The number of hydrogen-bond acceptors (Lipinski definition) is 4. The van der Waals surface area contributed by atoms with E-state index in [-0.39, 0.29) is 24.8 Å². The molecule has 1 atom stereocenters. The minimum absolute atomic E-state index is 0. The summed E-state index contributed by atoms with van der Waals surface area (Å²) in [6.07, 6.45) is 2.59. The fourth-order valence-corrected chi connectivity index (χ4v) is 4.41. The average molecular weight is 541 g/mol. The van der Waals surface area contributed by atoms with Gasteiger partial charge >= 0.3 is 0 Å². The molecule has 4 nitrogen and oxygen atoms in total. The van der Waals surface area contributed by atoms with Crippen LogP contribution in [0.3, 0.4) is 0 Å². The summed E-state index contributed by atoms with van der Waals surface area (Å²) in [5, 5.41) is 4.32. The molecule has 1 saturated heterocycles. The van der Waals surface area contributed by atoms with Crippen LogP contribution in [0.2, 0.25) is 5.02 Å². The normalized spacial score (nSPS) is 15.9. The summed E-state index contributed by atoms with van der Waals surface area (Å²) in [4.78, 5) is 2.55. The number of ether oxygens (including phenoxy) is 2. The molecule has 0 radical (unpaired) electrons. The third kappa shape index (κ3) is 7.47. The number of benzene rings is 2. The summed E-state index contributed by atoms with van der Waals surface area (Å²) in [6, 6.07) is 12.4. The quantitative estimate of drug-likeness (QED) is 0.416. The molecule has 2 aromatic carbocycles. The predicted octanol–water partition coefficient (Wildman–Crippen LogP) is 6.11. The lowest BCUT2D eigenvalue weighted by molar-refractivity contribution is 0.259. The predicted molar refractivity (Wildman–Crippen MR) is 133 cm³/mol. The number of nitrogens with one attached hydrogen (secondary N) is 1. The molecule has 3 rings (SSSR count). The first-order chi connectivity index (χ1) is 13.6. The van der Waals surface area contributed by atoms with E-state index in [4.69, 9.17) is 21.1 Å². The summed E-state index contributed by atoms with van der Waals surface area (Å²) in [6.45, 7) is 6.87. The van der Waals surface area contributed by atoms with E-state index in [9.17, 15) is 0 Å². The third-order valence-electron chi connectivity index (χ3n) is 5.20. The number of methoxy groups -OCH3 is 1. The molecule has 30 heavy (non-hydrogen) atoms. The van der Waals surface area contributed by atoms with Crippen molar-refractivity contribution in [2.45, 2.75) is 39.0 Å². The van der Waals surface area contributed by atoms with Crippen molar-refractivity contribution in [2.75, 3.05) is 26.7 Å². The second-order valence-corrected chi connectivity index (χ2v) is 8.37. The monoisotopic (exact) mass is 538 g/mol. The minimum atomic E-state index is 0. The van der Waals surface area contributed by atoms with Crippen molar-refractivity contribution in [3.8, 4) is 11.5 Å². The molecular weight excluding hydrogens is 511 g/mol. The van der Waals surface area contributed by atoms with Gasteiger partial charge in [0, 0.05) is 24.2 Å². The van der Waals surface area contributed by atoms with Crippen LogP contribution in [0.25, 0.3) is 0 Å². The molecule has 0 aromatic heterocycles. The average Bonchev–Trinajstić information content (AvgIpc) is 3.15. The van der Waals surface area contributed by atoms with Crippen LogP contribution in [0.4, 0.5) is 0 Å². The van der Waals surface area contributed by atoms with E-state index in [1.54, 1.807) is 7.11 Å². The molecule has 0 saturated carbocycles. The Balaban J connectivity index is 0.00000225. The van der Waals surface area contributed by atoms with Crippen molar-refractivity contribution in [1.82, 2.24) is 10.2 Å². The number of rotatable bonds is 9. The van der Waals surface area contributed by atoms with Gasteiger partial charge in [0.15, 0.2) is 11.5 Å². The summed E-state index contributed by atoms with van der Waals surface area (Å²) in [5.74, 6) is 1.45. The zero-order chi connectivity index (χ0) is 19.9. The second-order valence-electron chi connectivity index (χ2n) is 7.08. The summed E-state index contributed by atoms with van der Waals surface area (Å²) >= 11 is 9.58. The van der Waals surface area contributed by atoms with Gasteiger partial charge in [0.25, 0.3) is 0 Å². The fraction of sp³-hybridized carbons (Fsp3) is 0.455. The minimum Gasteiger partial charge on any atom is -0.493 e. The highest BCUT2D eigenvalue weighted by Gasteiger charge is 2.22. The van der Waals surface area contributed by atoms with Crippen molar-refractivity contribution in [3.05, 3.63) is 57.0 Å². The molecule has 0 spiro atoms. The van der Waals surface area contributed by atoms with E-state index in [1.165, 1.54) is 24.9 Å². The third-order valence-corrected chi connectivity index (χ3v) is 6.04. The Bertz CT molecular complexity index is 778. The standard InChI is InChI=1S/C22H28BrClN2O2.2ClH/c1-3-26-10-4-5-19(26)14-25-13-17-11-20(23)22(21(12-17)27-2)28-15-16-6-8-18(24)9-7-16;;/h6-9,11-12,19,25H,3-5,10,13-15H2,1-2H3;2*1H. The topological polar surface area (TPSA) is 33.7 Å². The maximum atomic E-state index is 6.01. The van der Waals surface area contributed by atoms with Crippen molar-refractivity contribution in [1.29, 1.82) is 0 Å². The Morgan fingerprint density at radius 3 is 2.57 bits per heavy atom. The van der Waals surface area contributed by atoms with Gasteiger partial charge in [-0.3, -0.25) is 4.90 Å². The van der Waals surface area contributed by atoms with Gasteiger partial charge in [0.1, 0.15) is 6.61 Å². The van der Waals surface area contributed by atoms with Gasteiger partial charge in [0.05, 0.1) is 11.6 Å². The molecule has 1 N–H and O–H groups in total. The molecule has 1 unspecified atom stereocenters. The van der Waals surface area contributed by atoms with Crippen LogP contribution in [0.5, 0.6) is 11.5 Å². The van der Waals surface area contributed by atoms with Crippen molar-refractivity contribution in [3.63, 3.8) is 0 Å². The van der Waals surface area contributed by atoms with Gasteiger partial charge in [-0.25, -0.2) is 0 Å². The van der Waals surface area contributed by atoms with E-state index in [0.717, 1.165) is 40.4 Å². The molecular formula is C22H30BrCl3N2O2. The van der Waals surface area contributed by atoms with E-state index in [0.29, 0.717) is 18.4 Å². The smallest absolute Gasteiger partial charge is 0.175 e. The number of likely N-dealkylation sites (N-methyl/N-ethyl adjacent to an activating group) is 1. The summed E-state index contributed by atoms with van der Waals surface area (Å²) in [5.41, 5.74) is 2.23. The van der Waals surface area contributed by atoms with Crippen molar-refractivity contribution in [2.24, 2.45) is 0 Å². The van der Waals surface area contributed by atoms with Crippen LogP contribution in [0, 0.1) is 0 Å². The molecule has 1 aliphatic heterocycles. The highest BCUT2D eigenvalue weighted by atomic mass is 79.9. The Kier molecular flexibility index (Phi) is 12.5. The van der Waals surface area contributed by atoms with E-state index in [2.05, 4.69) is 39.1 Å². The second kappa shape index (κ2) is 13.7. The molecule has 0 amide bonds. The molecule has 8 heteroatoms. The zero-order valence-electron chi connectivity index (χ0n) is 17.3. The highest BCUT2D eigenvalue weighted by molar-refractivity contribution is 9.10. The van der Waals surface area contributed by atoms with Crippen LogP contribution in [0.15, 0.2) is 40.9 Å². The van der Waals surface area contributed by atoms with E-state index < -0.39 is 0 Å². The van der Waals surface area contributed by atoms with Crippen LogP contribution >= 0.6 is 52.3 Å². The first-order valence-electron chi connectivity index (χ1n) is 9.79. The largest absolute Gasteiger partial charge is 0.493 e. The molecule has 1 aliphatic rings. The Morgan fingerprint density at radius 2 is 1.90 bits per heavy atom. The van der Waals surface area contributed by atoms with Crippen LogP contribution in [-0.4, -0.2) is 37.7 Å². The lowest BCUT2D eigenvalue weighted by Gasteiger charge is -2.23. The lowest BCUT2D eigenvalue weighted by Crippen LogP contribution is -2.37. The number of nitrogens with zero attached hydrogens (tertiary/aromatic N) is 1. The fourth-order valence-electron chi connectivity index (χ4n) is 3.68. The zero-order valence-corrected chi connectivity index (χ0v) is 21.3. The number of likely N-dealkylation sites (tertiary alicyclic amines) is 1. The Morgan fingerprint density at radius 1 is 1.17 bits per heavy atom. The van der Waals surface area contributed by atoms with Crippen LogP contribution < -0.4 is 14.8 Å². The first-order valence-corrected chi connectivity index (χ1v) is 11.0. The SMILES string of the molecule is CCN1CCCC1CNCc1cc(Br)c(OCc2ccc(Cl)cc2)c(OC)c1.Cl.Cl. The Hall–Kier alpha value is -0.690. The molecule has 168 valence electrons. The van der Waals surface area contributed by atoms with Gasteiger partial charge < -0.3 is 14.8 Å². The van der Waals surface area contributed by atoms with Gasteiger partial charge in [-0.05, 0) is 77.3 Å². The number of hydrogen-bond donors (Lipinski definition) is 1. The summed E-state index contributed by atoms with van der Waals surface area (Å²) in [7, 11) is 1.67. The lowest BCUT2D eigenvalue weighted by atomic mass is 10.1. The molecule has 0 bridgehead atoms. The molecule has 0 aliphatic carbocycles. The molecule has 1 fully saturated rings. The van der Waals surface area contributed by atoms with E-state index in [1.807, 2.05) is 30.3 Å². The van der Waals surface area contributed by atoms with Crippen molar-refractivity contribution >= 4 is 52.3 Å². The maximum absolute atomic E-state index is 6.01. The van der Waals surface area contributed by atoms with Gasteiger partial charge in [0.2, 0.25) is 0 Å². The Labute approximate surface area is 205 Å². The first kappa shape index (κ1) is 27.3. The van der Waals surface area contributed by atoms with Crippen LogP contribution in [-0.2, 0) is 13.2 Å². The molecule has 2 aromatic rings. The van der Waals surface area contributed by atoms with Crippen LogP contribution in [0.1, 0.15) is 30.9 Å². The van der Waals surface area contributed by atoms with Gasteiger partial charge in [-0.15, -0.1) is 24.8 Å².